The van der Waals surface area contributed by atoms with Crippen LogP contribution in [0.2, 0.25) is 0 Å². The minimum Gasteiger partial charge on any atom is -0.444 e. The van der Waals surface area contributed by atoms with Crippen molar-refractivity contribution in [2.75, 3.05) is 7.05 Å². The summed E-state index contributed by atoms with van der Waals surface area (Å²) in [7, 11) is 1.80. The van der Waals surface area contributed by atoms with E-state index in [1.54, 1.807) is 11.9 Å². The first kappa shape index (κ1) is 8.37. The Morgan fingerprint density at radius 1 is 1.45 bits per heavy atom. The van der Waals surface area contributed by atoms with Crippen LogP contribution >= 0.6 is 0 Å². The molecule has 0 spiro atoms. The van der Waals surface area contributed by atoms with Crippen molar-refractivity contribution in [3.8, 4) is 0 Å². The van der Waals surface area contributed by atoms with Crippen LogP contribution in [0.1, 0.15) is 26.7 Å². The second kappa shape index (κ2) is 3.11. The minimum absolute atomic E-state index is 0.109. The number of rotatable bonds is 2. The third-order valence-corrected chi connectivity index (χ3v) is 2.29. The summed E-state index contributed by atoms with van der Waals surface area (Å²) in [6.07, 6.45) is 1.82. The topological polar surface area (TPSA) is 29.5 Å². The molecule has 1 heterocycles. The fourth-order valence-electron chi connectivity index (χ4n) is 1.57. The molecule has 3 nitrogen and oxygen atoms in total. The van der Waals surface area contributed by atoms with Gasteiger partial charge in [-0.25, -0.2) is 4.79 Å². The van der Waals surface area contributed by atoms with Gasteiger partial charge in [0.15, 0.2) is 0 Å². The zero-order chi connectivity index (χ0) is 8.43. The maximum absolute atomic E-state index is 11.0. The summed E-state index contributed by atoms with van der Waals surface area (Å²) in [4.78, 5) is 12.7. The molecule has 1 rings (SSSR count). The van der Waals surface area contributed by atoms with Crippen molar-refractivity contribution in [3.05, 3.63) is 0 Å². The summed E-state index contributed by atoms with van der Waals surface area (Å²) in [6, 6.07) is 0.285. The van der Waals surface area contributed by atoms with Gasteiger partial charge in [-0.05, 0) is 12.8 Å². The molecule has 64 valence electrons. The van der Waals surface area contributed by atoms with Crippen molar-refractivity contribution in [2.24, 2.45) is 0 Å². The molecule has 2 unspecified atom stereocenters. The van der Waals surface area contributed by atoms with E-state index in [0.29, 0.717) is 0 Å². The number of hydrogen-bond donors (Lipinski definition) is 0. The Labute approximate surface area is 67.3 Å². The molecule has 1 aliphatic heterocycles. The van der Waals surface area contributed by atoms with Gasteiger partial charge in [0.1, 0.15) is 6.10 Å². The van der Waals surface area contributed by atoms with E-state index >= 15 is 0 Å². The predicted octanol–water partition coefficient (Wildman–Crippen LogP) is 1.63. The van der Waals surface area contributed by atoms with Crippen LogP contribution in [0.3, 0.4) is 0 Å². The van der Waals surface area contributed by atoms with E-state index in [1.807, 2.05) is 6.92 Å². The Bertz CT molecular complexity index is 158. The average Bonchev–Trinajstić information content (AvgIpc) is 2.28. The number of hydrogen-bond acceptors (Lipinski definition) is 2. The summed E-state index contributed by atoms with van der Waals surface area (Å²) in [5, 5.41) is 0. The smallest absolute Gasteiger partial charge is 0.410 e. The van der Waals surface area contributed by atoms with Crippen LogP contribution in [0.15, 0.2) is 0 Å². The lowest BCUT2D eigenvalue weighted by Crippen LogP contribution is -2.32. The number of nitrogens with zero attached hydrogens (tertiary/aromatic N) is 1. The van der Waals surface area contributed by atoms with Crippen LogP contribution < -0.4 is 0 Å². The monoisotopic (exact) mass is 157 g/mol. The van der Waals surface area contributed by atoms with Crippen LogP contribution in [0.5, 0.6) is 0 Å². The van der Waals surface area contributed by atoms with Crippen LogP contribution in [-0.2, 0) is 4.74 Å². The van der Waals surface area contributed by atoms with Crippen LogP contribution in [-0.4, -0.2) is 30.2 Å². The van der Waals surface area contributed by atoms with Gasteiger partial charge in [-0.2, -0.15) is 0 Å². The Balaban J connectivity index is 2.64. The van der Waals surface area contributed by atoms with Crippen molar-refractivity contribution in [1.29, 1.82) is 0 Å². The maximum Gasteiger partial charge on any atom is 0.410 e. The highest BCUT2D eigenvalue weighted by Crippen LogP contribution is 2.21. The third kappa shape index (κ3) is 1.32. The van der Waals surface area contributed by atoms with Crippen LogP contribution in [0.25, 0.3) is 0 Å². The quantitative estimate of drug-likeness (QED) is 0.609. The molecule has 0 aliphatic carbocycles. The maximum atomic E-state index is 11.0. The molecule has 0 radical (unpaired) electrons. The largest absolute Gasteiger partial charge is 0.444 e. The van der Waals surface area contributed by atoms with E-state index in [4.69, 9.17) is 4.74 Å². The summed E-state index contributed by atoms with van der Waals surface area (Å²) in [5.74, 6) is 0. The molecule has 0 aromatic carbocycles. The van der Waals surface area contributed by atoms with Crippen LogP contribution in [0, 0.1) is 0 Å². The van der Waals surface area contributed by atoms with Gasteiger partial charge in [0.25, 0.3) is 0 Å². The summed E-state index contributed by atoms with van der Waals surface area (Å²) in [5.41, 5.74) is 0. The molecule has 0 bridgehead atoms. The number of cyclic esters (lactones) is 1. The van der Waals surface area contributed by atoms with Crippen LogP contribution in [0.4, 0.5) is 4.79 Å². The minimum atomic E-state index is -0.177. The molecular formula is C8H15NO2. The predicted molar refractivity (Wildman–Crippen MR) is 42.4 cm³/mol. The van der Waals surface area contributed by atoms with E-state index in [2.05, 4.69) is 6.92 Å². The van der Waals surface area contributed by atoms with Crippen molar-refractivity contribution in [1.82, 2.24) is 4.90 Å². The van der Waals surface area contributed by atoms with Crippen molar-refractivity contribution in [2.45, 2.75) is 38.8 Å². The first-order chi connectivity index (χ1) is 5.20. The number of carbonyl (C=O) groups excluding carboxylic acids is 1. The third-order valence-electron chi connectivity index (χ3n) is 2.29. The fourth-order valence-corrected chi connectivity index (χ4v) is 1.57. The van der Waals surface area contributed by atoms with Gasteiger partial charge in [0.2, 0.25) is 0 Å². The Kier molecular flexibility index (Phi) is 2.37. The SMILES string of the molecule is CCC1OC(=O)N(C)C1CC. The molecular weight excluding hydrogens is 142 g/mol. The number of ether oxygens (including phenoxy) is 1. The molecule has 0 aromatic rings. The molecule has 0 aromatic heterocycles. The standard InChI is InChI=1S/C8H15NO2/c1-4-6-7(5-2)11-8(10)9(6)3/h6-7H,4-5H2,1-3H3. The average molecular weight is 157 g/mol. The molecule has 0 N–H and O–H groups in total. The summed E-state index contributed by atoms with van der Waals surface area (Å²) < 4.78 is 5.11. The lowest BCUT2D eigenvalue weighted by Gasteiger charge is -2.17. The zero-order valence-electron chi connectivity index (χ0n) is 7.33. The van der Waals surface area contributed by atoms with Gasteiger partial charge >= 0.3 is 6.09 Å². The van der Waals surface area contributed by atoms with Gasteiger partial charge in [-0.1, -0.05) is 13.8 Å². The Hall–Kier alpha value is -0.730. The highest BCUT2D eigenvalue weighted by Gasteiger charge is 2.36. The van der Waals surface area contributed by atoms with E-state index < -0.39 is 0 Å². The first-order valence-electron chi connectivity index (χ1n) is 4.14. The molecule has 3 heteroatoms. The van der Waals surface area contributed by atoms with Gasteiger partial charge in [0, 0.05) is 7.05 Å². The Morgan fingerprint density at radius 3 is 2.45 bits per heavy atom. The number of amides is 1. The summed E-state index contributed by atoms with van der Waals surface area (Å²) in [6.45, 7) is 4.12. The molecule has 1 amide bonds. The second-order valence-corrected chi connectivity index (χ2v) is 2.92. The molecule has 1 aliphatic rings. The van der Waals surface area contributed by atoms with Gasteiger partial charge in [-0.3, -0.25) is 0 Å². The second-order valence-electron chi connectivity index (χ2n) is 2.92. The van der Waals surface area contributed by atoms with Crippen molar-refractivity contribution < 1.29 is 9.53 Å². The lowest BCUT2D eigenvalue weighted by atomic mass is 10.1. The van der Waals surface area contributed by atoms with Crippen molar-refractivity contribution >= 4 is 6.09 Å². The summed E-state index contributed by atoms with van der Waals surface area (Å²) >= 11 is 0. The van der Waals surface area contributed by atoms with Gasteiger partial charge < -0.3 is 9.64 Å². The zero-order valence-corrected chi connectivity index (χ0v) is 7.33. The molecule has 0 saturated carbocycles. The van der Waals surface area contributed by atoms with E-state index in [0.717, 1.165) is 12.8 Å². The lowest BCUT2D eigenvalue weighted by molar-refractivity contribution is 0.127. The highest BCUT2D eigenvalue weighted by molar-refractivity contribution is 5.70. The van der Waals surface area contributed by atoms with E-state index in [9.17, 15) is 4.79 Å². The number of likely N-dealkylation sites (N-methyl/N-ethyl adjacent to an activating group) is 1. The molecule has 1 fully saturated rings. The Morgan fingerprint density at radius 2 is 2.09 bits per heavy atom. The fraction of sp³-hybridized carbons (Fsp3) is 0.875. The van der Waals surface area contributed by atoms with Crippen molar-refractivity contribution in [3.63, 3.8) is 0 Å². The molecule has 2 atom stereocenters. The molecule has 11 heavy (non-hydrogen) atoms. The highest BCUT2D eigenvalue weighted by atomic mass is 16.6. The van der Waals surface area contributed by atoms with Gasteiger partial charge in [0.05, 0.1) is 6.04 Å². The number of carbonyl (C=O) groups is 1. The van der Waals surface area contributed by atoms with E-state index in [-0.39, 0.29) is 18.2 Å². The normalized spacial score (nSPS) is 30.8. The van der Waals surface area contributed by atoms with E-state index in [1.165, 1.54) is 0 Å². The first-order valence-corrected chi connectivity index (χ1v) is 4.14. The van der Waals surface area contributed by atoms with Gasteiger partial charge in [-0.15, -0.1) is 0 Å². The molecule has 1 saturated heterocycles.